The number of carbonyl (C=O) groups excluding carboxylic acids is 1. The lowest BCUT2D eigenvalue weighted by molar-refractivity contribution is 0.0814. The van der Waals surface area contributed by atoms with Crippen LogP contribution >= 0.6 is 0 Å². The molecule has 112 valence electrons. The molecule has 5 nitrogen and oxygen atoms in total. The van der Waals surface area contributed by atoms with E-state index in [4.69, 9.17) is 4.42 Å². The van der Waals surface area contributed by atoms with E-state index in [1.165, 1.54) is 0 Å². The quantitative estimate of drug-likeness (QED) is 0.773. The van der Waals surface area contributed by atoms with Gasteiger partial charge in [0.2, 0.25) is 0 Å². The molecular formula is C15H24N2O3. The minimum atomic E-state index is -0.140. The van der Waals surface area contributed by atoms with Crippen molar-refractivity contribution >= 4 is 5.91 Å². The number of amides is 1. The number of hydrogen-bond donors (Lipinski definition) is 2. The number of aliphatic hydroxyl groups is 1. The molecular weight excluding hydrogens is 256 g/mol. The Bertz CT molecular complexity index is 423. The summed E-state index contributed by atoms with van der Waals surface area (Å²) in [4.78, 5) is 14.2. The van der Waals surface area contributed by atoms with Gasteiger partial charge in [-0.05, 0) is 37.9 Å². The van der Waals surface area contributed by atoms with Crippen LogP contribution < -0.4 is 5.32 Å². The first-order valence-electron chi connectivity index (χ1n) is 7.46. The highest BCUT2D eigenvalue weighted by molar-refractivity contribution is 5.91. The molecule has 0 aromatic carbocycles. The number of carbonyl (C=O) groups is 1. The van der Waals surface area contributed by atoms with Gasteiger partial charge in [-0.2, -0.15) is 0 Å². The zero-order valence-electron chi connectivity index (χ0n) is 12.1. The summed E-state index contributed by atoms with van der Waals surface area (Å²) >= 11 is 0. The molecule has 1 aliphatic rings. The van der Waals surface area contributed by atoms with Gasteiger partial charge >= 0.3 is 0 Å². The van der Waals surface area contributed by atoms with Crippen molar-refractivity contribution in [2.45, 2.75) is 38.7 Å². The van der Waals surface area contributed by atoms with Crippen LogP contribution in [0.25, 0.3) is 0 Å². The third-order valence-corrected chi connectivity index (χ3v) is 3.73. The van der Waals surface area contributed by atoms with E-state index in [2.05, 4.69) is 10.2 Å². The predicted octanol–water partition coefficient (Wildman–Crippen LogP) is 1.42. The summed E-state index contributed by atoms with van der Waals surface area (Å²) in [6, 6.07) is 3.56. The second kappa shape index (κ2) is 7.45. The molecule has 0 spiro atoms. The highest BCUT2D eigenvalue weighted by Crippen LogP contribution is 2.10. The van der Waals surface area contributed by atoms with Crippen LogP contribution in [-0.2, 0) is 6.42 Å². The summed E-state index contributed by atoms with van der Waals surface area (Å²) < 4.78 is 5.40. The number of nitrogens with one attached hydrogen (secondary N) is 1. The van der Waals surface area contributed by atoms with Gasteiger partial charge in [0.25, 0.3) is 5.91 Å². The SMILES string of the molecule is CCc1ccc(C(=O)NCCCN2CCC(O)CC2)o1. The van der Waals surface area contributed by atoms with Gasteiger partial charge in [-0.15, -0.1) is 0 Å². The monoisotopic (exact) mass is 280 g/mol. The van der Waals surface area contributed by atoms with Crippen LogP contribution in [0.15, 0.2) is 16.5 Å². The molecule has 5 heteroatoms. The van der Waals surface area contributed by atoms with Crippen molar-refractivity contribution < 1.29 is 14.3 Å². The van der Waals surface area contributed by atoms with Crippen LogP contribution in [0, 0.1) is 0 Å². The molecule has 1 amide bonds. The summed E-state index contributed by atoms with van der Waals surface area (Å²) in [6.45, 7) is 5.52. The van der Waals surface area contributed by atoms with Crippen molar-refractivity contribution in [2.24, 2.45) is 0 Å². The molecule has 2 heterocycles. The lowest BCUT2D eigenvalue weighted by atomic mass is 10.1. The standard InChI is InChI=1S/C15H24N2O3/c1-2-13-4-5-14(20-13)15(19)16-8-3-9-17-10-6-12(18)7-11-17/h4-5,12,18H,2-3,6-11H2,1H3,(H,16,19). The Balaban J connectivity index is 1.62. The molecule has 2 rings (SSSR count). The van der Waals surface area contributed by atoms with E-state index in [1.807, 2.05) is 13.0 Å². The lowest BCUT2D eigenvalue weighted by Gasteiger charge is -2.29. The molecule has 0 unspecified atom stereocenters. The van der Waals surface area contributed by atoms with E-state index >= 15 is 0 Å². The summed E-state index contributed by atoms with van der Waals surface area (Å²) in [5.41, 5.74) is 0. The third kappa shape index (κ3) is 4.35. The Morgan fingerprint density at radius 3 is 2.85 bits per heavy atom. The third-order valence-electron chi connectivity index (χ3n) is 3.73. The number of nitrogens with zero attached hydrogens (tertiary/aromatic N) is 1. The molecule has 1 fully saturated rings. The number of furan rings is 1. The Morgan fingerprint density at radius 2 is 2.20 bits per heavy atom. The maximum Gasteiger partial charge on any atom is 0.286 e. The second-order valence-electron chi connectivity index (χ2n) is 5.30. The zero-order valence-corrected chi connectivity index (χ0v) is 12.1. The maximum atomic E-state index is 11.8. The molecule has 0 bridgehead atoms. The smallest absolute Gasteiger partial charge is 0.286 e. The van der Waals surface area contributed by atoms with Crippen LogP contribution in [0.5, 0.6) is 0 Å². The minimum Gasteiger partial charge on any atom is -0.456 e. The molecule has 20 heavy (non-hydrogen) atoms. The molecule has 1 saturated heterocycles. The number of likely N-dealkylation sites (tertiary alicyclic amines) is 1. The van der Waals surface area contributed by atoms with E-state index in [0.29, 0.717) is 12.3 Å². The molecule has 2 N–H and O–H groups in total. The molecule has 1 aromatic rings. The number of rotatable bonds is 6. The van der Waals surface area contributed by atoms with Crippen LogP contribution in [0.3, 0.4) is 0 Å². The van der Waals surface area contributed by atoms with Gasteiger partial charge in [-0.1, -0.05) is 6.92 Å². The first-order chi connectivity index (χ1) is 9.69. The average molecular weight is 280 g/mol. The molecule has 0 aliphatic carbocycles. The van der Waals surface area contributed by atoms with Gasteiger partial charge < -0.3 is 19.7 Å². The van der Waals surface area contributed by atoms with Crippen LogP contribution in [0.2, 0.25) is 0 Å². The molecule has 1 aliphatic heterocycles. The van der Waals surface area contributed by atoms with E-state index in [1.54, 1.807) is 6.07 Å². The molecule has 0 radical (unpaired) electrons. The van der Waals surface area contributed by atoms with Gasteiger partial charge in [0, 0.05) is 26.1 Å². The summed E-state index contributed by atoms with van der Waals surface area (Å²) in [5, 5.41) is 12.3. The van der Waals surface area contributed by atoms with Crippen LogP contribution in [0.1, 0.15) is 42.5 Å². The Labute approximate surface area is 119 Å². The van der Waals surface area contributed by atoms with Crippen LogP contribution in [-0.4, -0.2) is 48.2 Å². The summed E-state index contributed by atoms with van der Waals surface area (Å²) in [6.07, 6.45) is 3.31. The van der Waals surface area contributed by atoms with Crippen molar-refractivity contribution in [1.82, 2.24) is 10.2 Å². The van der Waals surface area contributed by atoms with Crippen LogP contribution in [0.4, 0.5) is 0 Å². The van der Waals surface area contributed by atoms with Crippen molar-refractivity contribution in [3.63, 3.8) is 0 Å². The fraction of sp³-hybridized carbons (Fsp3) is 0.667. The number of hydrogen-bond acceptors (Lipinski definition) is 4. The van der Waals surface area contributed by atoms with E-state index in [-0.39, 0.29) is 12.0 Å². The molecule has 0 atom stereocenters. The molecule has 1 aromatic heterocycles. The van der Waals surface area contributed by atoms with Crippen molar-refractivity contribution in [3.05, 3.63) is 23.7 Å². The van der Waals surface area contributed by atoms with Gasteiger partial charge in [-0.3, -0.25) is 4.79 Å². The predicted molar refractivity (Wildman–Crippen MR) is 76.7 cm³/mol. The fourth-order valence-corrected chi connectivity index (χ4v) is 2.42. The van der Waals surface area contributed by atoms with Gasteiger partial charge in [0.1, 0.15) is 5.76 Å². The lowest BCUT2D eigenvalue weighted by Crippen LogP contribution is -2.37. The highest BCUT2D eigenvalue weighted by Gasteiger charge is 2.16. The Morgan fingerprint density at radius 1 is 1.45 bits per heavy atom. The van der Waals surface area contributed by atoms with Gasteiger partial charge in [0.15, 0.2) is 5.76 Å². The summed E-state index contributed by atoms with van der Waals surface area (Å²) in [7, 11) is 0. The Hall–Kier alpha value is -1.33. The van der Waals surface area contributed by atoms with Crippen molar-refractivity contribution in [1.29, 1.82) is 0 Å². The fourth-order valence-electron chi connectivity index (χ4n) is 2.42. The normalized spacial score (nSPS) is 17.3. The maximum absolute atomic E-state index is 11.8. The average Bonchev–Trinajstić information content (AvgIpc) is 2.94. The number of piperidine rings is 1. The minimum absolute atomic E-state index is 0.127. The topological polar surface area (TPSA) is 65.7 Å². The van der Waals surface area contributed by atoms with Gasteiger partial charge in [0.05, 0.1) is 6.10 Å². The highest BCUT2D eigenvalue weighted by atomic mass is 16.3. The zero-order chi connectivity index (χ0) is 14.4. The second-order valence-corrected chi connectivity index (χ2v) is 5.30. The summed E-state index contributed by atoms with van der Waals surface area (Å²) in [5.74, 6) is 1.09. The van der Waals surface area contributed by atoms with Crippen molar-refractivity contribution in [3.8, 4) is 0 Å². The first-order valence-corrected chi connectivity index (χ1v) is 7.46. The van der Waals surface area contributed by atoms with E-state index in [9.17, 15) is 9.90 Å². The molecule has 0 saturated carbocycles. The largest absolute Gasteiger partial charge is 0.456 e. The van der Waals surface area contributed by atoms with E-state index in [0.717, 1.165) is 51.1 Å². The Kier molecular flexibility index (Phi) is 5.61. The van der Waals surface area contributed by atoms with Gasteiger partial charge in [-0.25, -0.2) is 0 Å². The van der Waals surface area contributed by atoms with Crippen molar-refractivity contribution in [2.75, 3.05) is 26.2 Å². The number of aliphatic hydroxyl groups excluding tert-OH is 1. The first kappa shape index (κ1) is 15.1. The van der Waals surface area contributed by atoms with E-state index < -0.39 is 0 Å². The number of aryl methyl sites for hydroxylation is 1.